The van der Waals surface area contributed by atoms with Crippen molar-refractivity contribution in [2.24, 2.45) is 0 Å². The summed E-state index contributed by atoms with van der Waals surface area (Å²) in [5, 5.41) is 12.0. The molecule has 5 heteroatoms. The lowest BCUT2D eigenvalue weighted by Crippen LogP contribution is -2.37. The van der Waals surface area contributed by atoms with E-state index in [2.05, 4.69) is 10.3 Å². The zero-order chi connectivity index (χ0) is 11.9. The molecule has 1 aliphatic rings. The molecule has 90 valence electrons. The van der Waals surface area contributed by atoms with Gasteiger partial charge in [0.1, 0.15) is 11.8 Å². The Kier molecular flexibility index (Phi) is 4.45. The average molecular weight is 233 g/mol. The second kappa shape index (κ2) is 6.30. The van der Waals surface area contributed by atoms with Gasteiger partial charge in [0.2, 0.25) is 0 Å². The number of nitrogens with one attached hydrogen (secondary N) is 1. The van der Waals surface area contributed by atoms with E-state index in [-0.39, 0.29) is 6.10 Å². The first kappa shape index (κ1) is 12.0. The largest absolute Gasteiger partial charge is 0.376 e. The summed E-state index contributed by atoms with van der Waals surface area (Å²) in [5.41, 5.74) is 1.50. The smallest absolute Gasteiger partial charge is 0.140 e. The monoisotopic (exact) mass is 233 g/mol. The Labute approximate surface area is 100 Å². The van der Waals surface area contributed by atoms with Gasteiger partial charge in [-0.25, -0.2) is 4.98 Å². The number of hydrogen-bond donors (Lipinski definition) is 1. The zero-order valence-corrected chi connectivity index (χ0v) is 9.56. The molecule has 0 spiro atoms. The summed E-state index contributed by atoms with van der Waals surface area (Å²) >= 11 is 0. The van der Waals surface area contributed by atoms with Gasteiger partial charge >= 0.3 is 0 Å². The van der Waals surface area contributed by atoms with Crippen LogP contribution in [0.5, 0.6) is 0 Å². The first-order chi connectivity index (χ1) is 8.38. The van der Waals surface area contributed by atoms with Gasteiger partial charge in [-0.2, -0.15) is 5.26 Å². The average Bonchev–Trinajstić information content (AvgIpc) is 2.40. The minimum Gasteiger partial charge on any atom is -0.376 e. The normalized spacial score (nSPS) is 19.8. The number of aromatic nitrogens is 1. The van der Waals surface area contributed by atoms with Crippen LogP contribution in [-0.2, 0) is 16.0 Å². The van der Waals surface area contributed by atoms with Gasteiger partial charge in [-0.05, 0) is 17.7 Å². The fourth-order valence-electron chi connectivity index (χ4n) is 1.68. The number of ether oxygens (including phenoxy) is 2. The van der Waals surface area contributed by atoms with E-state index < -0.39 is 0 Å². The molecule has 1 aromatic rings. The van der Waals surface area contributed by atoms with Crippen molar-refractivity contribution in [1.82, 2.24) is 10.3 Å². The molecule has 0 aliphatic carbocycles. The van der Waals surface area contributed by atoms with Gasteiger partial charge < -0.3 is 14.8 Å². The first-order valence-electron chi connectivity index (χ1n) is 5.63. The Hall–Kier alpha value is -1.48. The van der Waals surface area contributed by atoms with Crippen molar-refractivity contribution in [2.75, 3.05) is 26.4 Å². The molecule has 0 bridgehead atoms. The predicted octanol–water partition coefficient (Wildman–Crippen LogP) is 0.458. The molecule has 2 rings (SSSR count). The predicted molar refractivity (Wildman–Crippen MR) is 61.2 cm³/mol. The van der Waals surface area contributed by atoms with E-state index in [1.807, 2.05) is 12.1 Å². The summed E-state index contributed by atoms with van der Waals surface area (Å²) in [4.78, 5) is 3.92. The highest BCUT2D eigenvalue weighted by atomic mass is 16.6. The lowest BCUT2D eigenvalue weighted by Gasteiger charge is -2.23. The van der Waals surface area contributed by atoms with Crippen LogP contribution in [0, 0.1) is 11.3 Å². The van der Waals surface area contributed by atoms with Crippen molar-refractivity contribution in [1.29, 1.82) is 5.26 Å². The summed E-state index contributed by atoms with van der Waals surface area (Å²) in [6, 6.07) is 5.70. The highest BCUT2D eigenvalue weighted by Gasteiger charge is 2.13. The van der Waals surface area contributed by atoms with Gasteiger partial charge in [0.15, 0.2) is 0 Å². The number of hydrogen-bond acceptors (Lipinski definition) is 5. The third kappa shape index (κ3) is 3.79. The topological polar surface area (TPSA) is 67.2 Å². The second-order valence-electron chi connectivity index (χ2n) is 3.86. The molecule has 5 nitrogen and oxygen atoms in total. The van der Waals surface area contributed by atoms with E-state index in [9.17, 15) is 0 Å². The Morgan fingerprint density at radius 1 is 1.53 bits per heavy atom. The molecular formula is C12H15N3O2. The van der Waals surface area contributed by atoms with Crippen molar-refractivity contribution in [3.8, 4) is 6.07 Å². The summed E-state index contributed by atoms with van der Waals surface area (Å²) in [6.45, 7) is 3.46. The minimum absolute atomic E-state index is 0.126. The third-order valence-corrected chi connectivity index (χ3v) is 2.52. The number of pyridine rings is 1. The Morgan fingerprint density at radius 3 is 3.24 bits per heavy atom. The molecule has 1 aromatic heterocycles. The maximum Gasteiger partial charge on any atom is 0.140 e. The van der Waals surface area contributed by atoms with Crippen LogP contribution in [0.2, 0.25) is 0 Å². The van der Waals surface area contributed by atoms with E-state index >= 15 is 0 Å². The molecule has 1 N–H and O–H groups in total. The summed E-state index contributed by atoms with van der Waals surface area (Å²) in [6.07, 6.45) is 1.77. The molecular weight excluding hydrogens is 218 g/mol. The first-order valence-corrected chi connectivity index (χ1v) is 5.63. The minimum atomic E-state index is 0.126. The van der Waals surface area contributed by atoms with Crippen molar-refractivity contribution >= 4 is 0 Å². The maximum absolute atomic E-state index is 8.72. The van der Waals surface area contributed by atoms with Crippen LogP contribution in [0.1, 0.15) is 11.3 Å². The van der Waals surface area contributed by atoms with Crippen LogP contribution in [0.3, 0.4) is 0 Å². The van der Waals surface area contributed by atoms with Crippen LogP contribution in [0.25, 0.3) is 0 Å². The van der Waals surface area contributed by atoms with Crippen molar-refractivity contribution in [3.63, 3.8) is 0 Å². The molecule has 2 heterocycles. The Balaban J connectivity index is 1.75. The zero-order valence-electron chi connectivity index (χ0n) is 9.56. The van der Waals surface area contributed by atoms with Gasteiger partial charge in [-0.15, -0.1) is 0 Å². The molecule has 1 unspecified atom stereocenters. The lowest BCUT2D eigenvalue weighted by atomic mass is 10.2. The van der Waals surface area contributed by atoms with E-state index in [4.69, 9.17) is 14.7 Å². The Bertz CT molecular complexity index is 397. The molecule has 0 radical (unpaired) electrons. The van der Waals surface area contributed by atoms with Crippen LogP contribution >= 0.6 is 0 Å². The standard InChI is InChI=1S/C12H15N3O2/c13-6-11-5-10(1-2-15-11)7-14-8-12-9-16-3-4-17-12/h1-2,5,12,14H,3-4,7-9H2. The quantitative estimate of drug-likeness (QED) is 0.818. The van der Waals surface area contributed by atoms with E-state index in [1.54, 1.807) is 12.3 Å². The number of nitriles is 1. The van der Waals surface area contributed by atoms with Gasteiger partial charge in [0, 0.05) is 19.3 Å². The van der Waals surface area contributed by atoms with E-state index in [1.165, 1.54) is 0 Å². The molecule has 1 saturated heterocycles. The highest BCUT2D eigenvalue weighted by molar-refractivity contribution is 5.25. The van der Waals surface area contributed by atoms with Gasteiger partial charge in [-0.3, -0.25) is 0 Å². The fourth-order valence-corrected chi connectivity index (χ4v) is 1.68. The summed E-state index contributed by atoms with van der Waals surface area (Å²) in [7, 11) is 0. The fraction of sp³-hybridized carbons (Fsp3) is 0.500. The molecule has 1 aliphatic heterocycles. The van der Waals surface area contributed by atoms with Gasteiger partial charge in [-0.1, -0.05) is 0 Å². The molecule has 0 amide bonds. The molecule has 0 aromatic carbocycles. The second-order valence-corrected chi connectivity index (χ2v) is 3.86. The summed E-state index contributed by atoms with van der Waals surface area (Å²) < 4.78 is 10.8. The van der Waals surface area contributed by atoms with E-state index in [0.717, 1.165) is 12.1 Å². The van der Waals surface area contributed by atoms with E-state index in [0.29, 0.717) is 32.1 Å². The Morgan fingerprint density at radius 2 is 2.47 bits per heavy atom. The van der Waals surface area contributed by atoms with Crippen molar-refractivity contribution in [2.45, 2.75) is 12.6 Å². The van der Waals surface area contributed by atoms with Crippen LogP contribution in [0.4, 0.5) is 0 Å². The molecule has 17 heavy (non-hydrogen) atoms. The van der Waals surface area contributed by atoms with Crippen molar-refractivity contribution < 1.29 is 9.47 Å². The molecule has 0 saturated carbocycles. The maximum atomic E-state index is 8.72. The van der Waals surface area contributed by atoms with Crippen LogP contribution in [0.15, 0.2) is 18.3 Å². The molecule has 1 fully saturated rings. The van der Waals surface area contributed by atoms with Gasteiger partial charge in [0.25, 0.3) is 0 Å². The SMILES string of the molecule is N#Cc1cc(CNCC2COCCO2)ccn1. The third-order valence-electron chi connectivity index (χ3n) is 2.52. The lowest BCUT2D eigenvalue weighted by molar-refractivity contribution is -0.0864. The highest BCUT2D eigenvalue weighted by Crippen LogP contribution is 2.02. The summed E-state index contributed by atoms with van der Waals surface area (Å²) in [5.74, 6) is 0. The van der Waals surface area contributed by atoms with Crippen molar-refractivity contribution in [3.05, 3.63) is 29.6 Å². The number of nitrogens with zero attached hydrogens (tertiary/aromatic N) is 2. The number of rotatable bonds is 4. The van der Waals surface area contributed by atoms with Crippen LogP contribution < -0.4 is 5.32 Å². The van der Waals surface area contributed by atoms with Gasteiger partial charge in [0.05, 0.1) is 25.9 Å². The van der Waals surface area contributed by atoms with Crippen LogP contribution in [-0.4, -0.2) is 37.5 Å². The molecule has 1 atom stereocenters.